The minimum absolute atomic E-state index is 0.0943. The number of furan rings is 1. The first-order valence-electron chi connectivity index (χ1n) is 10.6. The van der Waals surface area contributed by atoms with E-state index in [0.29, 0.717) is 34.3 Å². The van der Waals surface area contributed by atoms with Gasteiger partial charge in [-0.2, -0.15) is 13.2 Å². The molecular formula is C26H22F3NO5. The molecule has 9 heteroatoms. The molecule has 0 aliphatic rings. The van der Waals surface area contributed by atoms with Gasteiger partial charge >= 0.3 is 12.1 Å². The van der Waals surface area contributed by atoms with Crippen LogP contribution < -0.4 is 15.2 Å². The van der Waals surface area contributed by atoms with Crippen molar-refractivity contribution in [2.75, 3.05) is 7.11 Å². The zero-order valence-corrected chi connectivity index (χ0v) is 18.7. The summed E-state index contributed by atoms with van der Waals surface area (Å²) in [7, 11) is 1.46. The third kappa shape index (κ3) is 5.25. The van der Waals surface area contributed by atoms with Gasteiger partial charge in [-0.1, -0.05) is 24.3 Å². The van der Waals surface area contributed by atoms with Crippen LogP contribution >= 0.6 is 0 Å². The molecular weight excluding hydrogens is 463 g/mol. The summed E-state index contributed by atoms with van der Waals surface area (Å²) in [6.45, 7) is 0.162. The second kappa shape index (κ2) is 9.71. The zero-order valence-electron chi connectivity index (χ0n) is 18.7. The Balaban J connectivity index is 1.79. The second-order valence-electron chi connectivity index (χ2n) is 7.90. The van der Waals surface area contributed by atoms with E-state index >= 15 is 0 Å². The molecule has 0 aliphatic carbocycles. The smallest absolute Gasteiger partial charge is 0.420 e. The molecule has 182 valence electrons. The van der Waals surface area contributed by atoms with Crippen LogP contribution in [0.25, 0.3) is 22.1 Å². The number of carboxylic acids is 1. The number of rotatable bonds is 8. The molecule has 0 saturated heterocycles. The highest BCUT2D eigenvalue weighted by Crippen LogP contribution is 2.41. The van der Waals surface area contributed by atoms with Gasteiger partial charge in [0.15, 0.2) is 0 Å². The highest BCUT2D eigenvalue weighted by atomic mass is 19.4. The number of alkyl halides is 3. The van der Waals surface area contributed by atoms with E-state index in [2.05, 4.69) is 0 Å². The molecule has 0 radical (unpaired) electrons. The van der Waals surface area contributed by atoms with E-state index in [9.17, 15) is 23.1 Å². The molecule has 4 aromatic rings. The lowest BCUT2D eigenvalue weighted by atomic mass is 9.97. The molecule has 0 unspecified atom stereocenters. The number of hydrogen-bond donors (Lipinski definition) is 2. The van der Waals surface area contributed by atoms with Gasteiger partial charge in [-0.15, -0.1) is 0 Å². The highest BCUT2D eigenvalue weighted by Gasteiger charge is 2.35. The van der Waals surface area contributed by atoms with Crippen molar-refractivity contribution in [2.24, 2.45) is 5.73 Å². The predicted octanol–water partition coefficient (Wildman–Crippen LogP) is 5.79. The van der Waals surface area contributed by atoms with E-state index < -0.39 is 17.7 Å². The lowest BCUT2D eigenvalue weighted by Gasteiger charge is -2.14. The van der Waals surface area contributed by atoms with Crippen LogP contribution in [-0.2, 0) is 30.5 Å². The van der Waals surface area contributed by atoms with Gasteiger partial charge in [0.2, 0.25) is 0 Å². The van der Waals surface area contributed by atoms with E-state index in [0.717, 1.165) is 5.56 Å². The van der Waals surface area contributed by atoms with E-state index in [1.54, 1.807) is 42.5 Å². The molecule has 35 heavy (non-hydrogen) atoms. The van der Waals surface area contributed by atoms with Crippen LogP contribution in [-0.4, -0.2) is 18.2 Å². The Kier molecular flexibility index (Phi) is 6.70. The van der Waals surface area contributed by atoms with Crippen molar-refractivity contribution in [2.45, 2.75) is 25.7 Å². The van der Waals surface area contributed by atoms with E-state index in [4.69, 9.17) is 19.6 Å². The molecule has 0 spiro atoms. The maximum atomic E-state index is 13.7. The summed E-state index contributed by atoms with van der Waals surface area (Å²) in [5.74, 6) is -0.323. The Morgan fingerprint density at radius 1 is 1.09 bits per heavy atom. The average molecular weight is 485 g/mol. The van der Waals surface area contributed by atoms with Crippen molar-refractivity contribution in [1.82, 2.24) is 0 Å². The standard InChI is InChI=1S/C26H22F3NO5/c1-33-19-6-5-18(10-24(31)32)23(11-19)34-13-16-8-20(17-4-2-3-15(7-17)12-30)25-21(9-16)22(14-35-25)26(27,28)29/h2-9,11,14H,10,12-13,30H2,1H3,(H,31,32). The number of halogens is 3. The van der Waals surface area contributed by atoms with Gasteiger partial charge in [0.25, 0.3) is 0 Å². The average Bonchev–Trinajstić information content (AvgIpc) is 3.27. The summed E-state index contributed by atoms with van der Waals surface area (Å²) in [5.41, 5.74) is 7.73. The van der Waals surface area contributed by atoms with Crippen LogP contribution in [0.2, 0.25) is 0 Å². The SMILES string of the molecule is COc1ccc(CC(=O)O)c(OCc2cc(-c3cccc(CN)c3)c3occ(C(F)(F)F)c3c2)c1. The molecule has 0 fully saturated rings. The third-order valence-electron chi connectivity index (χ3n) is 5.52. The summed E-state index contributed by atoms with van der Waals surface area (Å²) in [6.07, 6.45) is -4.18. The highest BCUT2D eigenvalue weighted by molar-refractivity contribution is 5.95. The number of aliphatic carboxylic acids is 1. The second-order valence-corrected chi connectivity index (χ2v) is 7.90. The predicted molar refractivity (Wildman–Crippen MR) is 123 cm³/mol. The summed E-state index contributed by atoms with van der Waals surface area (Å²) in [5, 5.41) is 9.10. The van der Waals surface area contributed by atoms with Gasteiger partial charge in [0.1, 0.15) is 35.5 Å². The first kappa shape index (κ1) is 24.2. The van der Waals surface area contributed by atoms with Crippen molar-refractivity contribution in [3.05, 3.63) is 83.1 Å². The molecule has 4 rings (SSSR count). The number of hydrogen-bond acceptors (Lipinski definition) is 5. The summed E-state index contributed by atoms with van der Waals surface area (Å²) >= 11 is 0. The first-order valence-corrected chi connectivity index (χ1v) is 10.6. The molecule has 0 saturated carbocycles. The van der Waals surface area contributed by atoms with Gasteiger partial charge in [-0.05, 0) is 41.0 Å². The Bertz CT molecular complexity index is 1380. The van der Waals surface area contributed by atoms with Gasteiger partial charge < -0.3 is 24.7 Å². The zero-order chi connectivity index (χ0) is 25.2. The molecule has 0 atom stereocenters. The van der Waals surface area contributed by atoms with E-state index in [1.807, 2.05) is 6.07 Å². The van der Waals surface area contributed by atoms with Crippen molar-refractivity contribution in [3.63, 3.8) is 0 Å². The minimum Gasteiger partial charge on any atom is -0.497 e. The topological polar surface area (TPSA) is 94.9 Å². The monoisotopic (exact) mass is 485 g/mol. The molecule has 1 aromatic heterocycles. The van der Waals surface area contributed by atoms with Crippen LogP contribution in [0.4, 0.5) is 13.2 Å². The molecule has 3 aromatic carbocycles. The lowest BCUT2D eigenvalue weighted by molar-refractivity contribution is -0.137. The summed E-state index contributed by atoms with van der Waals surface area (Å²) in [4.78, 5) is 11.2. The van der Waals surface area contributed by atoms with Gasteiger partial charge in [-0.25, -0.2) is 0 Å². The van der Waals surface area contributed by atoms with E-state index in [-0.39, 0.29) is 36.3 Å². The number of methoxy groups -OCH3 is 1. The molecule has 3 N–H and O–H groups in total. The fraction of sp³-hybridized carbons (Fsp3) is 0.192. The van der Waals surface area contributed by atoms with Crippen LogP contribution in [0, 0.1) is 0 Å². The Hall–Kier alpha value is -3.98. The quantitative estimate of drug-likeness (QED) is 0.328. The fourth-order valence-electron chi connectivity index (χ4n) is 3.85. The molecule has 0 bridgehead atoms. The Labute approximate surface area is 198 Å². The Morgan fingerprint density at radius 3 is 2.57 bits per heavy atom. The number of ether oxygens (including phenoxy) is 2. The third-order valence-corrected chi connectivity index (χ3v) is 5.52. The van der Waals surface area contributed by atoms with Crippen LogP contribution in [0.15, 0.2) is 65.3 Å². The number of benzene rings is 3. The van der Waals surface area contributed by atoms with Gasteiger partial charge in [0, 0.05) is 29.1 Å². The number of nitrogens with two attached hydrogens (primary N) is 1. The number of fused-ring (bicyclic) bond motifs is 1. The fourth-order valence-corrected chi connectivity index (χ4v) is 3.85. The first-order chi connectivity index (χ1) is 16.7. The lowest BCUT2D eigenvalue weighted by Crippen LogP contribution is -2.05. The van der Waals surface area contributed by atoms with Crippen LogP contribution in [0.1, 0.15) is 22.3 Å². The molecule has 0 amide bonds. The van der Waals surface area contributed by atoms with Crippen LogP contribution in [0.5, 0.6) is 11.5 Å². The molecule has 0 aliphatic heterocycles. The van der Waals surface area contributed by atoms with Crippen molar-refractivity contribution >= 4 is 16.9 Å². The van der Waals surface area contributed by atoms with Gasteiger partial charge in [-0.3, -0.25) is 4.79 Å². The van der Waals surface area contributed by atoms with Gasteiger partial charge in [0.05, 0.1) is 13.5 Å². The minimum atomic E-state index is -4.61. The van der Waals surface area contributed by atoms with E-state index in [1.165, 1.54) is 13.2 Å². The number of carbonyl (C=O) groups is 1. The maximum absolute atomic E-state index is 13.7. The van der Waals surface area contributed by atoms with Crippen molar-refractivity contribution < 1.29 is 37.0 Å². The summed E-state index contributed by atoms with van der Waals surface area (Å²) < 4.78 is 57.4. The summed E-state index contributed by atoms with van der Waals surface area (Å²) in [6, 6.07) is 14.9. The normalized spacial score (nSPS) is 11.6. The number of carboxylic acid groups (broad SMARTS) is 1. The largest absolute Gasteiger partial charge is 0.497 e. The molecule has 6 nitrogen and oxygen atoms in total. The maximum Gasteiger partial charge on any atom is 0.420 e. The van der Waals surface area contributed by atoms with Crippen LogP contribution in [0.3, 0.4) is 0 Å². The van der Waals surface area contributed by atoms with Crippen molar-refractivity contribution in [1.29, 1.82) is 0 Å². The molecule has 1 heterocycles. The Morgan fingerprint density at radius 2 is 1.89 bits per heavy atom. The van der Waals surface area contributed by atoms with Crippen molar-refractivity contribution in [3.8, 4) is 22.6 Å².